The van der Waals surface area contributed by atoms with Gasteiger partial charge in [-0.2, -0.15) is 5.10 Å². The predicted molar refractivity (Wildman–Crippen MR) is 101 cm³/mol. The number of hydrazone groups is 1. The summed E-state index contributed by atoms with van der Waals surface area (Å²) < 4.78 is 10.9. The molecular formula is C18H17N3O2S. The molecule has 0 bridgehead atoms. The summed E-state index contributed by atoms with van der Waals surface area (Å²) in [4.78, 5) is 0. The zero-order chi connectivity index (χ0) is 16.9. The smallest absolute Gasteiger partial charge is 0.191 e. The van der Waals surface area contributed by atoms with Crippen LogP contribution in [0.5, 0.6) is 5.75 Å². The lowest BCUT2D eigenvalue weighted by Crippen LogP contribution is -2.24. The summed E-state index contributed by atoms with van der Waals surface area (Å²) in [6.07, 6.45) is 0. The Morgan fingerprint density at radius 3 is 2.58 bits per heavy atom. The molecule has 0 aliphatic rings. The Labute approximate surface area is 145 Å². The van der Waals surface area contributed by atoms with Crippen LogP contribution in [0.3, 0.4) is 0 Å². The van der Waals surface area contributed by atoms with Gasteiger partial charge in [0.15, 0.2) is 10.9 Å². The minimum atomic E-state index is 0.399. The Bertz CT molecular complexity index is 852. The summed E-state index contributed by atoms with van der Waals surface area (Å²) in [6.45, 7) is 1.86. The van der Waals surface area contributed by atoms with Crippen molar-refractivity contribution in [2.24, 2.45) is 5.10 Å². The van der Waals surface area contributed by atoms with E-state index < -0.39 is 0 Å². The van der Waals surface area contributed by atoms with Crippen LogP contribution in [0.1, 0.15) is 12.7 Å². The molecule has 0 aliphatic carbocycles. The van der Waals surface area contributed by atoms with E-state index in [-0.39, 0.29) is 0 Å². The monoisotopic (exact) mass is 339 g/mol. The van der Waals surface area contributed by atoms with E-state index in [1.165, 1.54) is 0 Å². The second-order valence-electron chi connectivity index (χ2n) is 5.14. The molecule has 0 amide bonds. The number of hydrogen-bond donors (Lipinski definition) is 2. The minimum absolute atomic E-state index is 0.399. The van der Waals surface area contributed by atoms with Crippen LogP contribution < -0.4 is 15.5 Å². The predicted octanol–water partition coefficient (Wildman–Crippen LogP) is 4.15. The van der Waals surface area contributed by atoms with E-state index in [1.54, 1.807) is 7.11 Å². The first kappa shape index (κ1) is 16.0. The Balaban J connectivity index is 1.64. The van der Waals surface area contributed by atoms with Gasteiger partial charge in [-0.05, 0) is 55.5 Å². The van der Waals surface area contributed by atoms with Gasteiger partial charge in [-0.15, -0.1) is 0 Å². The number of furan rings is 1. The van der Waals surface area contributed by atoms with Crippen LogP contribution in [0.4, 0.5) is 5.69 Å². The number of benzene rings is 2. The molecule has 122 valence electrons. The minimum Gasteiger partial charge on any atom is -0.497 e. The van der Waals surface area contributed by atoms with Gasteiger partial charge in [-0.3, -0.25) is 5.43 Å². The molecule has 0 spiro atoms. The lowest BCUT2D eigenvalue weighted by atomic mass is 10.2. The van der Waals surface area contributed by atoms with Gasteiger partial charge < -0.3 is 14.5 Å². The molecule has 2 aromatic carbocycles. The van der Waals surface area contributed by atoms with Crippen LogP contribution in [0.25, 0.3) is 11.0 Å². The van der Waals surface area contributed by atoms with Crippen molar-refractivity contribution >= 4 is 39.7 Å². The van der Waals surface area contributed by atoms with E-state index in [9.17, 15) is 0 Å². The van der Waals surface area contributed by atoms with Gasteiger partial charge >= 0.3 is 0 Å². The van der Waals surface area contributed by atoms with Crippen molar-refractivity contribution in [3.63, 3.8) is 0 Å². The van der Waals surface area contributed by atoms with Gasteiger partial charge in [0.2, 0.25) is 0 Å². The van der Waals surface area contributed by atoms with E-state index in [0.29, 0.717) is 16.6 Å². The molecule has 3 rings (SSSR count). The SMILES string of the molecule is COc1ccc(NC(=S)NN=C(C)c2cc3ccccc3o2)cc1. The first-order chi connectivity index (χ1) is 11.7. The maximum absolute atomic E-state index is 5.76. The molecular weight excluding hydrogens is 322 g/mol. The molecule has 6 heteroatoms. The van der Waals surface area contributed by atoms with E-state index in [4.69, 9.17) is 21.4 Å². The molecule has 0 unspecified atom stereocenters. The van der Waals surface area contributed by atoms with Crippen molar-refractivity contribution in [1.82, 2.24) is 5.43 Å². The van der Waals surface area contributed by atoms with Crippen LogP contribution >= 0.6 is 12.2 Å². The molecule has 1 heterocycles. The average Bonchev–Trinajstić information content (AvgIpc) is 3.04. The summed E-state index contributed by atoms with van der Waals surface area (Å²) >= 11 is 5.24. The number of thiocarbonyl (C=S) groups is 1. The van der Waals surface area contributed by atoms with Crippen molar-refractivity contribution in [1.29, 1.82) is 0 Å². The zero-order valence-corrected chi connectivity index (χ0v) is 14.2. The number of methoxy groups -OCH3 is 1. The number of fused-ring (bicyclic) bond motifs is 1. The largest absolute Gasteiger partial charge is 0.497 e. The molecule has 0 saturated carbocycles. The fourth-order valence-electron chi connectivity index (χ4n) is 2.18. The fourth-order valence-corrected chi connectivity index (χ4v) is 2.35. The molecule has 0 fully saturated rings. The van der Waals surface area contributed by atoms with Crippen molar-refractivity contribution in [3.8, 4) is 5.75 Å². The van der Waals surface area contributed by atoms with Crippen LogP contribution in [-0.4, -0.2) is 17.9 Å². The van der Waals surface area contributed by atoms with Gasteiger partial charge in [0.05, 0.1) is 7.11 Å². The highest BCUT2D eigenvalue weighted by molar-refractivity contribution is 7.80. The summed E-state index contributed by atoms with van der Waals surface area (Å²) in [5, 5.41) is 8.76. The normalized spacial score (nSPS) is 11.3. The van der Waals surface area contributed by atoms with Gasteiger partial charge in [0.25, 0.3) is 0 Å². The summed E-state index contributed by atoms with van der Waals surface area (Å²) in [5.74, 6) is 1.49. The Morgan fingerprint density at radius 2 is 1.88 bits per heavy atom. The molecule has 0 radical (unpaired) electrons. The summed E-state index contributed by atoms with van der Waals surface area (Å²) in [7, 11) is 1.63. The molecule has 5 nitrogen and oxygen atoms in total. The third-order valence-electron chi connectivity index (χ3n) is 3.46. The molecule has 2 N–H and O–H groups in total. The maximum Gasteiger partial charge on any atom is 0.191 e. The third kappa shape index (κ3) is 3.72. The second-order valence-corrected chi connectivity index (χ2v) is 5.55. The number of hydrogen-bond acceptors (Lipinski definition) is 4. The highest BCUT2D eigenvalue weighted by Crippen LogP contribution is 2.19. The highest BCUT2D eigenvalue weighted by Gasteiger charge is 2.06. The van der Waals surface area contributed by atoms with Gasteiger partial charge in [0.1, 0.15) is 17.0 Å². The molecule has 24 heavy (non-hydrogen) atoms. The van der Waals surface area contributed by atoms with Crippen LogP contribution in [0, 0.1) is 0 Å². The highest BCUT2D eigenvalue weighted by atomic mass is 32.1. The standard InChI is InChI=1S/C18H17N3O2S/c1-12(17-11-13-5-3-4-6-16(13)23-17)20-21-18(24)19-14-7-9-15(22-2)10-8-14/h3-11H,1-2H3,(H2,19,21,24). The Kier molecular flexibility index (Phi) is 4.77. The first-order valence-corrected chi connectivity index (χ1v) is 7.81. The van der Waals surface area contributed by atoms with Gasteiger partial charge in [-0.25, -0.2) is 0 Å². The number of rotatable bonds is 4. The van der Waals surface area contributed by atoms with E-state index in [1.807, 2.05) is 61.5 Å². The van der Waals surface area contributed by atoms with Crippen molar-refractivity contribution in [2.45, 2.75) is 6.92 Å². The summed E-state index contributed by atoms with van der Waals surface area (Å²) in [5.41, 5.74) is 5.22. The Morgan fingerprint density at radius 1 is 1.12 bits per heavy atom. The van der Waals surface area contributed by atoms with Gasteiger partial charge in [-0.1, -0.05) is 18.2 Å². The van der Waals surface area contributed by atoms with E-state index in [2.05, 4.69) is 15.8 Å². The van der Waals surface area contributed by atoms with E-state index in [0.717, 1.165) is 22.4 Å². The summed E-state index contributed by atoms with van der Waals surface area (Å²) in [6, 6.07) is 17.3. The molecule has 3 aromatic rings. The second kappa shape index (κ2) is 7.14. The fraction of sp³-hybridized carbons (Fsp3) is 0.111. The number of nitrogens with one attached hydrogen (secondary N) is 2. The number of nitrogens with zero attached hydrogens (tertiary/aromatic N) is 1. The van der Waals surface area contributed by atoms with Crippen LogP contribution in [0.15, 0.2) is 64.1 Å². The molecule has 0 saturated heterocycles. The third-order valence-corrected chi connectivity index (χ3v) is 3.65. The Hall–Kier alpha value is -2.86. The zero-order valence-electron chi connectivity index (χ0n) is 13.4. The molecule has 0 aliphatic heterocycles. The average molecular weight is 339 g/mol. The van der Waals surface area contributed by atoms with Crippen molar-refractivity contribution in [2.75, 3.05) is 12.4 Å². The van der Waals surface area contributed by atoms with Crippen LogP contribution in [-0.2, 0) is 0 Å². The first-order valence-electron chi connectivity index (χ1n) is 7.40. The number of ether oxygens (including phenoxy) is 1. The van der Waals surface area contributed by atoms with Gasteiger partial charge in [0, 0.05) is 11.1 Å². The van der Waals surface area contributed by atoms with Crippen molar-refractivity contribution < 1.29 is 9.15 Å². The van der Waals surface area contributed by atoms with E-state index >= 15 is 0 Å². The molecule has 1 aromatic heterocycles. The maximum atomic E-state index is 5.76. The molecule has 0 atom stereocenters. The lowest BCUT2D eigenvalue weighted by Gasteiger charge is -2.08. The number of anilines is 1. The quantitative estimate of drug-likeness (QED) is 0.425. The van der Waals surface area contributed by atoms with Crippen LogP contribution in [0.2, 0.25) is 0 Å². The number of para-hydroxylation sites is 1. The topological polar surface area (TPSA) is 58.8 Å². The lowest BCUT2D eigenvalue weighted by molar-refractivity contribution is 0.415. The van der Waals surface area contributed by atoms with Crippen molar-refractivity contribution in [3.05, 3.63) is 60.4 Å².